The van der Waals surface area contributed by atoms with Crippen molar-refractivity contribution in [3.05, 3.63) is 114 Å². The summed E-state index contributed by atoms with van der Waals surface area (Å²) in [6.07, 6.45) is 2.13. The average molecular weight is 490 g/mol. The summed E-state index contributed by atoms with van der Waals surface area (Å²) in [6, 6.07) is 34.1. The third-order valence-corrected chi connectivity index (χ3v) is 7.73. The van der Waals surface area contributed by atoms with Crippen LogP contribution in [0, 0.1) is 25.2 Å². The van der Waals surface area contributed by atoms with Crippen molar-refractivity contribution in [2.45, 2.75) is 13.8 Å². The van der Waals surface area contributed by atoms with Crippen molar-refractivity contribution in [2.75, 3.05) is 0 Å². The molecule has 38 heavy (non-hydrogen) atoms. The predicted molar refractivity (Wildman–Crippen MR) is 155 cm³/mol. The first kappa shape index (κ1) is 22.3. The molecule has 180 valence electrons. The third-order valence-electron chi connectivity index (χ3n) is 7.73. The van der Waals surface area contributed by atoms with Crippen molar-refractivity contribution in [1.29, 1.82) is 5.26 Å². The van der Waals surface area contributed by atoms with E-state index in [2.05, 4.69) is 117 Å². The molecule has 0 N–H and O–H groups in total. The maximum atomic E-state index is 10.2. The van der Waals surface area contributed by atoms with Gasteiger partial charge in [0.05, 0.1) is 17.2 Å². The Bertz CT molecular complexity index is 2130. The van der Waals surface area contributed by atoms with Gasteiger partial charge in [0.15, 0.2) is 6.20 Å². The molecule has 0 bridgehead atoms. The molecule has 3 heteroatoms. The molecule has 0 saturated heterocycles. The van der Waals surface area contributed by atoms with E-state index in [0.29, 0.717) is 5.56 Å². The molecule has 0 aliphatic heterocycles. The van der Waals surface area contributed by atoms with Crippen LogP contribution in [0.25, 0.3) is 65.9 Å². The summed E-state index contributed by atoms with van der Waals surface area (Å²) in [6.45, 7) is 4.22. The van der Waals surface area contributed by atoms with E-state index in [1.807, 2.05) is 12.1 Å². The lowest BCUT2D eigenvalue weighted by atomic mass is 9.91. The number of nitriles is 1. The monoisotopic (exact) mass is 489 g/mol. The Balaban J connectivity index is 1.60. The van der Waals surface area contributed by atoms with Gasteiger partial charge in [0, 0.05) is 28.0 Å². The molecule has 2 heterocycles. The van der Waals surface area contributed by atoms with E-state index < -0.39 is 0 Å². The van der Waals surface area contributed by atoms with Crippen LogP contribution in [0.3, 0.4) is 0 Å². The molecule has 0 saturated carbocycles. The topological polar surface area (TPSA) is 40.8 Å². The average Bonchev–Trinajstić information content (AvgIpc) is 3.31. The Hall–Kier alpha value is -4.94. The minimum atomic E-state index is 0.608. The molecule has 7 rings (SSSR count). The highest BCUT2D eigenvalue weighted by atomic mass is 16.3. The number of hydrogen-bond donors (Lipinski definition) is 0. The minimum absolute atomic E-state index is 0.608. The van der Waals surface area contributed by atoms with Gasteiger partial charge in [-0.1, -0.05) is 66.7 Å². The molecule has 0 aliphatic rings. The second-order valence-corrected chi connectivity index (χ2v) is 10.1. The summed E-state index contributed by atoms with van der Waals surface area (Å²) in [4.78, 5) is 0. The fourth-order valence-corrected chi connectivity index (χ4v) is 5.94. The summed E-state index contributed by atoms with van der Waals surface area (Å²) in [5.41, 5.74) is 8.59. The maximum absolute atomic E-state index is 10.2. The summed E-state index contributed by atoms with van der Waals surface area (Å²) in [5.74, 6) is 0. The molecule has 0 spiro atoms. The Kier molecular flexibility index (Phi) is 4.86. The second kappa shape index (κ2) is 8.30. The molecule has 0 unspecified atom stereocenters. The normalized spacial score (nSPS) is 11.5. The Morgan fingerprint density at radius 3 is 2.21 bits per heavy atom. The lowest BCUT2D eigenvalue weighted by Crippen LogP contribution is -2.31. The molecule has 0 fully saturated rings. The molecular weight excluding hydrogens is 464 g/mol. The molecule has 0 amide bonds. The maximum Gasteiger partial charge on any atom is 0.216 e. The van der Waals surface area contributed by atoms with Crippen molar-refractivity contribution in [2.24, 2.45) is 7.05 Å². The van der Waals surface area contributed by atoms with Crippen molar-refractivity contribution in [3.8, 4) is 28.5 Å². The van der Waals surface area contributed by atoms with Gasteiger partial charge < -0.3 is 4.42 Å². The van der Waals surface area contributed by atoms with Crippen LogP contribution in [-0.2, 0) is 7.05 Å². The van der Waals surface area contributed by atoms with Gasteiger partial charge in [0.25, 0.3) is 0 Å². The molecule has 0 aliphatic carbocycles. The summed E-state index contributed by atoms with van der Waals surface area (Å²) >= 11 is 0. The largest absolute Gasteiger partial charge is 0.454 e. The molecule has 0 radical (unpaired) electrons. The fraction of sp³-hybridized carbons (Fsp3) is 0.0857. The number of fused-ring (bicyclic) bond motifs is 6. The van der Waals surface area contributed by atoms with E-state index >= 15 is 0 Å². The number of furan rings is 1. The molecule has 0 atom stereocenters. The highest BCUT2D eigenvalue weighted by molar-refractivity contribution is 6.18. The van der Waals surface area contributed by atoms with Gasteiger partial charge in [-0.25, -0.2) is 4.57 Å². The molecule has 5 aromatic carbocycles. The smallest absolute Gasteiger partial charge is 0.216 e. The van der Waals surface area contributed by atoms with Crippen LogP contribution < -0.4 is 4.57 Å². The number of benzene rings is 5. The number of hydrogen-bond acceptors (Lipinski definition) is 2. The van der Waals surface area contributed by atoms with E-state index in [-0.39, 0.29) is 0 Å². The van der Waals surface area contributed by atoms with E-state index in [1.165, 1.54) is 21.7 Å². The SMILES string of the molecule is Cc1ccc(-c2c(C)ccc3c2oc2c(-c4cccc5c4ccc4ccccc45)c(C#N)ccc23)[n+](C)c1. The van der Waals surface area contributed by atoms with Gasteiger partial charge in [0.1, 0.15) is 18.2 Å². The summed E-state index contributed by atoms with van der Waals surface area (Å²) in [5, 5.41) is 16.9. The first-order valence-corrected chi connectivity index (χ1v) is 12.8. The number of nitrogens with zero attached hydrogens (tertiary/aromatic N) is 2. The lowest BCUT2D eigenvalue weighted by molar-refractivity contribution is -0.660. The first-order valence-electron chi connectivity index (χ1n) is 12.8. The Morgan fingerprint density at radius 2 is 1.39 bits per heavy atom. The zero-order valence-corrected chi connectivity index (χ0v) is 21.5. The van der Waals surface area contributed by atoms with Crippen molar-refractivity contribution in [1.82, 2.24) is 0 Å². The van der Waals surface area contributed by atoms with Crippen LogP contribution in [0.4, 0.5) is 0 Å². The molecule has 3 nitrogen and oxygen atoms in total. The van der Waals surface area contributed by atoms with Gasteiger partial charge in [-0.15, -0.1) is 0 Å². The van der Waals surface area contributed by atoms with Crippen LogP contribution in [0.2, 0.25) is 0 Å². The summed E-state index contributed by atoms with van der Waals surface area (Å²) in [7, 11) is 2.07. The van der Waals surface area contributed by atoms with Crippen LogP contribution in [0.5, 0.6) is 0 Å². The van der Waals surface area contributed by atoms with Crippen LogP contribution >= 0.6 is 0 Å². The zero-order chi connectivity index (χ0) is 26.0. The van der Waals surface area contributed by atoms with Gasteiger partial charge in [-0.05, 0) is 64.7 Å². The van der Waals surface area contributed by atoms with Gasteiger partial charge in [0.2, 0.25) is 5.69 Å². The number of aryl methyl sites for hydroxylation is 3. The Morgan fingerprint density at radius 1 is 0.658 bits per heavy atom. The van der Waals surface area contributed by atoms with Crippen molar-refractivity contribution < 1.29 is 8.98 Å². The zero-order valence-electron chi connectivity index (χ0n) is 21.5. The van der Waals surface area contributed by atoms with Crippen LogP contribution in [0.15, 0.2) is 102 Å². The predicted octanol–water partition coefficient (Wildman–Crippen LogP) is 8.54. The van der Waals surface area contributed by atoms with Gasteiger partial charge in [-0.3, -0.25) is 0 Å². The van der Waals surface area contributed by atoms with Gasteiger partial charge in [-0.2, -0.15) is 5.26 Å². The second-order valence-electron chi connectivity index (χ2n) is 10.1. The molecular formula is C35H25N2O+. The molecule has 7 aromatic rings. The number of pyridine rings is 1. The van der Waals surface area contributed by atoms with Crippen LogP contribution in [-0.4, -0.2) is 0 Å². The van der Waals surface area contributed by atoms with E-state index in [4.69, 9.17) is 4.42 Å². The Labute approximate surface area is 220 Å². The number of rotatable bonds is 2. The minimum Gasteiger partial charge on any atom is -0.454 e. The van der Waals surface area contributed by atoms with Crippen LogP contribution in [0.1, 0.15) is 16.7 Å². The van der Waals surface area contributed by atoms with E-state index in [9.17, 15) is 5.26 Å². The third kappa shape index (κ3) is 3.17. The fourth-order valence-electron chi connectivity index (χ4n) is 5.94. The number of aromatic nitrogens is 1. The molecule has 2 aromatic heterocycles. The van der Waals surface area contributed by atoms with Crippen molar-refractivity contribution >= 4 is 43.5 Å². The first-order chi connectivity index (χ1) is 18.5. The van der Waals surface area contributed by atoms with E-state index in [0.717, 1.165) is 55.3 Å². The summed E-state index contributed by atoms with van der Waals surface area (Å²) < 4.78 is 8.96. The quantitative estimate of drug-likeness (QED) is 0.180. The van der Waals surface area contributed by atoms with E-state index in [1.54, 1.807) is 0 Å². The lowest BCUT2D eigenvalue weighted by Gasteiger charge is -2.11. The highest BCUT2D eigenvalue weighted by Gasteiger charge is 2.23. The van der Waals surface area contributed by atoms with Gasteiger partial charge >= 0.3 is 0 Å². The van der Waals surface area contributed by atoms with Crippen molar-refractivity contribution in [3.63, 3.8) is 0 Å². The standard InChI is InChI=1S/C35H25N2O/c1-21-11-18-31(37(3)20-21)32-22(2)12-15-29-30-17-14-24(19-36)33(35(30)38-34(29)32)28-10-6-9-26-25-8-5-4-7-23(25)13-16-27(26)28/h4-18,20H,1-3H3/q+1. The highest BCUT2D eigenvalue weighted by Crippen LogP contribution is 2.44.